The predicted molar refractivity (Wildman–Crippen MR) is 60.9 cm³/mol. The number of hydrogen-bond donors (Lipinski definition) is 0. The van der Waals surface area contributed by atoms with Crippen molar-refractivity contribution >= 4 is 6.20 Å². The minimum absolute atomic E-state index is 0.890. The lowest BCUT2D eigenvalue weighted by atomic mass is 10.3. The molecule has 0 aromatic carbocycles. The molecule has 0 spiro atoms. The Labute approximate surface area is 86.2 Å². The van der Waals surface area contributed by atoms with E-state index in [0.29, 0.717) is 0 Å². The van der Waals surface area contributed by atoms with E-state index in [0.717, 1.165) is 17.8 Å². The second kappa shape index (κ2) is 7.06. The summed E-state index contributed by atoms with van der Waals surface area (Å²) in [5.41, 5.74) is 1.08. The summed E-state index contributed by atoms with van der Waals surface area (Å²) in [6, 6.07) is 0. The van der Waals surface area contributed by atoms with Gasteiger partial charge in [-0.3, -0.25) is 0 Å². The fourth-order valence-corrected chi connectivity index (χ4v) is 0.881. The first-order chi connectivity index (χ1) is 6.77. The fourth-order valence-electron chi connectivity index (χ4n) is 0.881. The van der Waals surface area contributed by atoms with Gasteiger partial charge in [0, 0.05) is 12.6 Å². The molecule has 0 aliphatic carbocycles. The van der Waals surface area contributed by atoms with E-state index in [1.54, 1.807) is 17.1 Å². The van der Waals surface area contributed by atoms with Gasteiger partial charge in [-0.2, -0.15) is 5.10 Å². The molecule has 0 unspecified atom stereocenters. The topological polar surface area (TPSA) is 30.7 Å². The zero-order valence-corrected chi connectivity index (χ0v) is 9.49. The van der Waals surface area contributed by atoms with E-state index < -0.39 is 0 Å². The minimum atomic E-state index is 0.890. The lowest BCUT2D eigenvalue weighted by Gasteiger charge is -1.97. The lowest BCUT2D eigenvalue weighted by molar-refractivity contribution is 0.838. The summed E-state index contributed by atoms with van der Waals surface area (Å²) < 4.78 is 1.77. The highest BCUT2D eigenvalue weighted by atomic mass is 15.3. The van der Waals surface area contributed by atoms with Crippen LogP contribution in [0.15, 0.2) is 24.6 Å². The highest BCUT2D eigenvalue weighted by molar-refractivity contribution is 5.35. The molecule has 78 valence electrons. The monoisotopic (exact) mass is 193 g/mol. The Kier molecular flexibility index (Phi) is 6.37. The number of aryl methyl sites for hydroxylation is 1. The van der Waals surface area contributed by atoms with Crippen LogP contribution in [0.5, 0.6) is 0 Å². The van der Waals surface area contributed by atoms with Crippen LogP contribution in [0.1, 0.15) is 33.5 Å². The van der Waals surface area contributed by atoms with E-state index in [-0.39, 0.29) is 0 Å². The maximum Gasteiger partial charge on any atom is 0.138 e. The summed E-state index contributed by atoms with van der Waals surface area (Å²) in [7, 11) is 0. The summed E-state index contributed by atoms with van der Waals surface area (Å²) in [6.45, 7) is 11.7. The Morgan fingerprint density at radius 2 is 2.21 bits per heavy atom. The average molecular weight is 193 g/mol. The van der Waals surface area contributed by atoms with Crippen LogP contribution < -0.4 is 0 Å². The van der Waals surface area contributed by atoms with E-state index in [4.69, 9.17) is 0 Å². The Morgan fingerprint density at radius 3 is 2.71 bits per heavy atom. The minimum Gasteiger partial charge on any atom is -0.225 e. The number of rotatable bonds is 3. The van der Waals surface area contributed by atoms with E-state index >= 15 is 0 Å². The van der Waals surface area contributed by atoms with Crippen molar-refractivity contribution in [2.75, 3.05) is 0 Å². The third kappa shape index (κ3) is 3.56. The Hall–Kier alpha value is -1.38. The van der Waals surface area contributed by atoms with Crippen molar-refractivity contribution in [1.29, 1.82) is 0 Å². The predicted octanol–water partition coefficient (Wildman–Crippen LogP) is 2.91. The molecule has 0 aliphatic rings. The molecule has 0 N–H and O–H groups in total. The number of nitrogens with zero attached hydrogens (tertiary/aromatic N) is 3. The van der Waals surface area contributed by atoms with Gasteiger partial charge in [0.15, 0.2) is 0 Å². The van der Waals surface area contributed by atoms with Crippen molar-refractivity contribution in [3.8, 4) is 0 Å². The average Bonchev–Trinajstić information content (AvgIpc) is 2.68. The molecule has 0 radical (unpaired) electrons. The van der Waals surface area contributed by atoms with Crippen molar-refractivity contribution in [3.63, 3.8) is 0 Å². The maximum atomic E-state index is 4.10. The molecule has 3 heteroatoms. The van der Waals surface area contributed by atoms with Gasteiger partial charge >= 0.3 is 0 Å². The third-order valence-electron chi connectivity index (χ3n) is 1.61. The zero-order chi connectivity index (χ0) is 11.0. The second-order valence-corrected chi connectivity index (χ2v) is 2.55. The van der Waals surface area contributed by atoms with Crippen LogP contribution in [0.25, 0.3) is 6.20 Å². The first kappa shape index (κ1) is 12.6. The molecule has 0 amide bonds. The first-order valence-corrected chi connectivity index (χ1v) is 4.97. The molecule has 14 heavy (non-hydrogen) atoms. The quantitative estimate of drug-likeness (QED) is 0.691. The molecule has 0 saturated carbocycles. The second-order valence-electron chi connectivity index (χ2n) is 2.55. The SMILES string of the molecule is C=C/C(C)=C\n1ncnc1CC.CC. The lowest BCUT2D eigenvalue weighted by Crippen LogP contribution is -1.96. The van der Waals surface area contributed by atoms with Crippen molar-refractivity contribution in [2.45, 2.75) is 34.1 Å². The molecule has 1 aromatic heterocycles. The van der Waals surface area contributed by atoms with Gasteiger partial charge < -0.3 is 0 Å². The molecule has 3 nitrogen and oxygen atoms in total. The largest absolute Gasteiger partial charge is 0.225 e. The normalized spacial score (nSPS) is 10.4. The highest BCUT2D eigenvalue weighted by Crippen LogP contribution is 2.00. The van der Waals surface area contributed by atoms with Gasteiger partial charge in [0.25, 0.3) is 0 Å². The Bertz CT molecular complexity index is 297. The van der Waals surface area contributed by atoms with Gasteiger partial charge in [-0.25, -0.2) is 9.67 Å². The van der Waals surface area contributed by atoms with E-state index in [1.807, 2.05) is 27.0 Å². The van der Waals surface area contributed by atoms with Crippen LogP contribution in [0.4, 0.5) is 0 Å². The maximum absolute atomic E-state index is 4.10. The van der Waals surface area contributed by atoms with E-state index in [9.17, 15) is 0 Å². The molecule has 0 bridgehead atoms. The van der Waals surface area contributed by atoms with Gasteiger partial charge in [-0.05, 0) is 12.5 Å². The van der Waals surface area contributed by atoms with Crippen LogP contribution in [0, 0.1) is 0 Å². The van der Waals surface area contributed by atoms with E-state index in [1.165, 1.54) is 0 Å². The smallest absolute Gasteiger partial charge is 0.138 e. The molecule has 1 heterocycles. The van der Waals surface area contributed by atoms with Gasteiger partial charge in [0.05, 0.1) is 0 Å². The molecule has 0 aliphatic heterocycles. The van der Waals surface area contributed by atoms with Crippen molar-refractivity contribution in [2.24, 2.45) is 0 Å². The summed E-state index contributed by atoms with van der Waals surface area (Å²) >= 11 is 0. The zero-order valence-electron chi connectivity index (χ0n) is 9.49. The number of allylic oxidation sites excluding steroid dienone is 2. The van der Waals surface area contributed by atoms with Crippen molar-refractivity contribution < 1.29 is 0 Å². The van der Waals surface area contributed by atoms with Gasteiger partial charge in [-0.1, -0.05) is 33.4 Å². The summed E-state index contributed by atoms with van der Waals surface area (Å²) in [5.74, 6) is 0.969. The Balaban J connectivity index is 0.000000791. The van der Waals surface area contributed by atoms with Crippen LogP contribution in [0.3, 0.4) is 0 Å². The molecule has 0 fully saturated rings. The number of aromatic nitrogens is 3. The van der Waals surface area contributed by atoms with Crippen LogP contribution in [-0.2, 0) is 6.42 Å². The summed E-state index contributed by atoms with van der Waals surface area (Å²) in [5, 5.41) is 4.06. The van der Waals surface area contributed by atoms with Crippen LogP contribution in [-0.4, -0.2) is 14.8 Å². The van der Waals surface area contributed by atoms with Crippen molar-refractivity contribution in [3.05, 3.63) is 30.4 Å². The van der Waals surface area contributed by atoms with Gasteiger partial charge in [0.1, 0.15) is 12.2 Å². The highest BCUT2D eigenvalue weighted by Gasteiger charge is 1.96. The van der Waals surface area contributed by atoms with Crippen molar-refractivity contribution in [1.82, 2.24) is 14.8 Å². The molecule has 1 aromatic rings. The number of hydrogen-bond acceptors (Lipinski definition) is 2. The van der Waals surface area contributed by atoms with E-state index in [2.05, 4.69) is 23.6 Å². The standard InChI is InChI=1S/C9H13N3.C2H6/c1-4-8(3)6-12-9(5-2)10-7-11-12;1-2/h4,6-7H,1,5H2,2-3H3;1-2H3/b8-6-;. The summed E-state index contributed by atoms with van der Waals surface area (Å²) in [4.78, 5) is 4.10. The van der Waals surface area contributed by atoms with Gasteiger partial charge in [-0.15, -0.1) is 0 Å². The molecular formula is C11H19N3. The summed E-state index contributed by atoms with van der Waals surface area (Å²) in [6.07, 6.45) is 6.16. The van der Waals surface area contributed by atoms with Crippen LogP contribution in [0.2, 0.25) is 0 Å². The van der Waals surface area contributed by atoms with Crippen LogP contribution >= 0.6 is 0 Å². The first-order valence-electron chi connectivity index (χ1n) is 4.97. The molecule has 0 atom stereocenters. The Morgan fingerprint density at radius 1 is 1.57 bits per heavy atom. The third-order valence-corrected chi connectivity index (χ3v) is 1.61. The molecular weight excluding hydrogens is 174 g/mol. The molecule has 1 rings (SSSR count). The molecule has 0 saturated heterocycles. The fraction of sp³-hybridized carbons (Fsp3) is 0.455. The van der Waals surface area contributed by atoms with Gasteiger partial charge in [0.2, 0.25) is 0 Å².